The summed E-state index contributed by atoms with van der Waals surface area (Å²) in [5.41, 5.74) is 3.13. The van der Waals surface area contributed by atoms with E-state index in [1.54, 1.807) is 30.3 Å². The molecule has 47 heavy (non-hydrogen) atoms. The molecule has 0 aromatic heterocycles. The third-order valence-corrected chi connectivity index (χ3v) is 6.30. The molecule has 0 aliphatic rings. The van der Waals surface area contributed by atoms with Gasteiger partial charge in [0, 0.05) is 12.2 Å². The number of rotatable bonds is 22. The van der Waals surface area contributed by atoms with Crippen LogP contribution in [0.3, 0.4) is 0 Å². The standard InChI is InChI=1S/C36H40O11/c1-4-34(37)45-23-21-42-19-17-40-16-18-41-20-22-43-32-13-8-29(9-14-32)36(39)47-33-15-10-30(26-27(33)3)28-6-11-31(12-7-28)44-24-25-46-35(38)5-2/h4-15,26H,1-2,16-25H2,3H3. The normalized spacial score (nSPS) is 10.5. The highest BCUT2D eigenvalue weighted by atomic mass is 16.6. The quantitative estimate of drug-likeness (QED) is 0.0622. The third kappa shape index (κ3) is 13.9. The van der Waals surface area contributed by atoms with Gasteiger partial charge in [-0.25, -0.2) is 14.4 Å². The smallest absolute Gasteiger partial charge is 0.343 e. The van der Waals surface area contributed by atoms with Crippen molar-refractivity contribution in [3.8, 4) is 28.4 Å². The van der Waals surface area contributed by atoms with Crippen LogP contribution in [0.2, 0.25) is 0 Å². The Morgan fingerprint density at radius 3 is 1.55 bits per heavy atom. The van der Waals surface area contributed by atoms with Gasteiger partial charge in [0.25, 0.3) is 0 Å². The van der Waals surface area contributed by atoms with Crippen LogP contribution in [0.25, 0.3) is 11.1 Å². The maximum Gasteiger partial charge on any atom is 0.343 e. The zero-order chi connectivity index (χ0) is 33.7. The van der Waals surface area contributed by atoms with Gasteiger partial charge in [0.05, 0.1) is 45.2 Å². The van der Waals surface area contributed by atoms with E-state index < -0.39 is 17.9 Å². The maximum atomic E-state index is 12.8. The molecule has 0 unspecified atom stereocenters. The Balaban J connectivity index is 1.31. The summed E-state index contributed by atoms with van der Waals surface area (Å²) in [4.78, 5) is 34.7. The van der Waals surface area contributed by atoms with Gasteiger partial charge in [-0.2, -0.15) is 0 Å². The summed E-state index contributed by atoms with van der Waals surface area (Å²) in [7, 11) is 0. The van der Waals surface area contributed by atoms with E-state index in [4.69, 9.17) is 37.9 Å². The molecule has 0 aliphatic carbocycles. The molecule has 0 spiro atoms. The molecule has 0 radical (unpaired) electrons. The average molecular weight is 649 g/mol. The van der Waals surface area contributed by atoms with Gasteiger partial charge >= 0.3 is 17.9 Å². The van der Waals surface area contributed by atoms with Crippen LogP contribution in [0, 0.1) is 6.92 Å². The van der Waals surface area contributed by atoms with Crippen LogP contribution in [-0.4, -0.2) is 84.0 Å². The fraction of sp³-hybridized carbons (Fsp3) is 0.306. The van der Waals surface area contributed by atoms with E-state index >= 15 is 0 Å². The predicted octanol–water partition coefficient (Wildman–Crippen LogP) is 5.15. The van der Waals surface area contributed by atoms with Crippen molar-refractivity contribution < 1.29 is 52.3 Å². The number of hydrogen-bond acceptors (Lipinski definition) is 11. The molecular weight excluding hydrogens is 608 g/mol. The molecule has 0 N–H and O–H groups in total. The van der Waals surface area contributed by atoms with E-state index in [0.717, 1.165) is 28.8 Å². The molecule has 0 fully saturated rings. The second-order valence-electron chi connectivity index (χ2n) is 9.70. The molecule has 0 amide bonds. The van der Waals surface area contributed by atoms with Crippen molar-refractivity contribution in [1.82, 2.24) is 0 Å². The highest BCUT2D eigenvalue weighted by Crippen LogP contribution is 2.28. The van der Waals surface area contributed by atoms with Crippen LogP contribution in [-0.2, 0) is 33.3 Å². The Bertz CT molecular complexity index is 1430. The molecule has 11 nitrogen and oxygen atoms in total. The maximum absolute atomic E-state index is 12.8. The predicted molar refractivity (Wildman–Crippen MR) is 174 cm³/mol. The van der Waals surface area contributed by atoms with Gasteiger partial charge in [-0.05, 0) is 72.1 Å². The Morgan fingerprint density at radius 2 is 1.02 bits per heavy atom. The zero-order valence-corrected chi connectivity index (χ0v) is 26.5. The molecule has 3 rings (SSSR count). The second kappa shape index (κ2) is 20.9. The van der Waals surface area contributed by atoms with Crippen LogP contribution in [0.4, 0.5) is 0 Å². The molecule has 3 aromatic carbocycles. The molecule has 0 saturated heterocycles. The van der Waals surface area contributed by atoms with Gasteiger partial charge in [-0.3, -0.25) is 0 Å². The molecule has 0 bridgehead atoms. The number of hydrogen-bond donors (Lipinski definition) is 0. The van der Waals surface area contributed by atoms with E-state index in [0.29, 0.717) is 69.1 Å². The van der Waals surface area contributed by atoms with Crippen LogP contribution in [0.5, 0.6) is 17.2 Å². The van der Waals surface area contributed by atoms with Crippen molar-refractivity contribution in [2.45, 2.75) is 6.92 Å². The number of esters is 3. The van der Waals surface area contributed by atoms with E-state index in [1.807, 2.05) is 43.3 Å². The third-order valence-electron chi connectivity index (χ3n) is 6.30. The fourth-order valence-electron chi connectivity index (χ4n) is 3.91. The van der Waals surface area contributed by atoms with Crippen molar-refractivity contribution in [2.24, 2.45) is 0 Å². The van der Waals surface area contributed by atoms with Crippen LogP contribution >= 0.6 is 0 Å². The topological polar surface area (TPSA) is 125 Å². The number of benzene rings is 3. The first-order valence-electron chi connectivity index (χ1n) is 15.0. The molecular formula is C36H40O11. The molecule has 0 aliphatic heterocycles. The monoisotopic (exact) mass is 648 g/mol. The van der Waals surface area contributed by atoms with E-state index in [1.165, 1.54) is 0 Å². The van der Waals surface area contributed by atoms with Gasteiger partial charge in [0.2, 0.25) is 0 Å². The lowest BCUT2D eigenvalue weighted by atomic mass is 10.0. The summed E-state index contributed by atoms with van der Waals surface area (Å²) in [6.45, 7) is 11.7. The first kappa shape index (κ1) is 36.5. The summed E-state index contributed by atoms with van der Waals surface area (Å²) >= 11 is 0. The van der Waals surface area contributed by atoms with Crippen molar-refractivity contribution in [2.75, 3.05) is 66.1 Å². The number of ether oxygens (including phenoxy) is 8. The number of carbonyl (C=O) groups is 3. The van der Waals surface area contributed by atoms with Crippen molar-refractivity contribution in [3.05, 3.63) is 103 Å². The first-order chi connectivity index (χ1) is 22.9. The Labute approximate surface area is 274 Å². The van der Waals surface area contributed by atoms with Gasteiger partial charge in [0.15, 0.2) is 0 Å². The minimum atomic E-state index is -0.488. The summed E-state index contributed by atoms with van der Waals surface area (Å²) in [5.74, 6) is 0.281. The van der Waals surface area contributed by atoms with E-state index in [-0.39, 0.29) is 19.8 Å². The molecule has 0 heterocycles. The fourth-order valence-corrected chi connectivity index (χ4v) is 3.91. The molecule has 0 saturated carbocycles. The SMILES string of the molecule is C=CC(=O)OCCOCCOCCOCCOc1ccc(C(=O)Oc2ccc(-c3ccc(OCCOC(=O)C=C)cc3)cc2C)cc1. The van der Waals surface area contributed by atoms with Crippen molar-refractivity contribution in [3.63, 3.8) is 0 Å². The lowest BCUT2D eigenvalue weighted by molar-refractivity contribution is -0.139. The van der Waals surface area contributed by atoms with Crippen molar-refractivity contribution >= 4 is 17.9 Å². The highest BCUT2D eigenvalue weighted by Gasteiger charge is 2.12. The molecule has 250 valence electrons. The Hall–Kier alpha value is -4.97. The minimum absolute atomic E-state index is 0.136. The number of aryl methyl sites for hydroxylation is 1. The summed E-state index contributed by atoms with van der Waals surface area (Å²) < 4.78 is 42.8. The minimum Gasteiger partial charge on any atom is -0.491 e. The van der Waals surface area contributed by atoms with E-state index in [9.17, 15) is 14.4 Å². The lowest BCUT2D eigenvalue weighted by Crippen LogP contribution is -2.14. The average Bonchev–Trinajstić information content (AvgIpc) is 3.09. The summed E-state index contributed by atoms with van der Waals surface area (Å²) in [5, 5.41) is 0. The summed E-state index contributed by atoms with van der Waals surface area (Å²) in [6.07, 6.45) is 2.21. The first-order valence-corrected chi connectivity index (χ1v) is 15.0. The van der Waals surface area contributed by atoms with Crippen LogP contribution in [0.1, 0.15) is 15.9 Å². The van der Waals surface area contributed by atoms with Gasteiger partial charge in [0.1, 0.15) is 43.7 Å². The number of carbonyl (C=O) groups excluding carboxylic acids is 3. The Morgan fingerprint density at radius 1 is 0.574 bits per heavy atom. The molecule has 11 heteroatoms. The van der Waals surface area contributed by atoms with Crippen molar-refractivity contribution in [1.29, 1.82) is 0 Å². The van der Waals surface area contributed by atoms with Crippen LogP contribution < -0.4 is 14.2 Å². The Kier molecular flexibility index (Phi) is 16.3. The zero-order valence-electron chi connectivity index (χ0n) is 26.5. The van der Waals surface area contributed by atoms with Gasteiger partial charge in [-0.15, -0.1) is 0 Å². The summed E-state index contributed by atoms with van der Waals surface area (Å²) in [6, 6.07) is 19.8. The van der Waals surface area contributed by atoms with E-state index in [2.05, 4.69) is 13.2 Å². The van der Waals surface area contributed by atoms with Gasteiger partial charge in [-0.1, -0.05) is 31.4 Å². The van der Waals surface area contributed by atoms with Gasteiger partial charge < -0.3 is 37.9 Å². The van der Waals surface area contributed by atoms with Crippen LogP contribution in [0.15, 0.2) is 92.0 Å². The second-order valence-corrected chi connectivity index (χ2v) is 9.70. The highest BCUT2D eigenvalue weighted by molar-refractivity contribution is 5.91. The molecule has 0 atom stereocenters. The largest absolute Gasteiger partial charge is 0.491 e. The lowest BCUT2D eigenvalue weighted by Gasteiger charge is -2.11. The molecule has 3 aromatic rings.